The lowest BCUT2D eigenvalue weighted by molar-refractivity contribution is 0.446. The molecule has 0 atom stereocenters. The lowest BCUT2D eigenvalue weighted by atomic mass is 10.3. The molecule has 0 fully saturated rings. The Balaban J connectivity index is 0.944. The maximum Gasteiger partial charge on any atom is 0.131 e. The van der Waals surface area contributed by atoms with Crippen LogP contribution in [-0.2, 0) is 0 Å². The average Bonchev–Trinajstić information content (AvgIpc) is 3.12. The first-order chi connectivity index (χ1) is 24.5. The molecule has 50 heavy (non-hydrogen) atoms. The fourth-order valence-corrected chi connectivity index (χ4v) is 4.80. The van der Waals surface area contributed by atoms with Gasteiger partial charge in [-0.25, -0.2) is 8.78 Å². The molecule has 0 unspecified atom stereocenters. The van der Waals surface area contributed by atoms with Gasteiger partial charge in [-0.15, -0.1) is 0 Å². The first kappa shape index (κ1) is 31.8. The number of halogens is 2. The standard InChI is InChI=1S/C42H28F2O6/c43-29-13-17-31(18-14-29)45-35-5-1-9-39(25-35)49-41-11-3-7-37(27-41)47-33-21-23-34(24-22-33)48-38-8-4-12-42(28-38)50-40-10-2-6-36(26-40)46-32-19-15-30(44)16-20-32/h1-28H. The summed E-state index contributed by atoms with van der Waals surface area (Å²) in [5.74, 6) is 6.21. The summed E-state index contributed by atoms with van der Waals surface area (Å²) in [7, 11) is 0. The second-order valence-corrected chi connectivity index (χ2v) is 10.9. The smallest absolute Gasteiger partial charge is 0.131 e. The van der Waals surface area contributed by atoms with E-state index in [4.69, 9.17) is 28.4 Å². The summed E-state index contributed by atoms with van der Waals surface area (Å²) in [6.07, 6.45) is 0. The van der Waals surface area contributed by atoms with Gasteiger partial charge in [0.2, 0.25) is 0 Å². The topological polar surface area (TPSA) is 55.4 Å². The minimum Gasteiger partial charge on any atom is -0.457 e. The van der Waals surface area contributed by atoms with Gasteiger partial charge in [-0.05, 0) is 121 Å². The van der Waals surface area contributed by atoms with Gasteiger partial charge in [0, 0.05) is 24.3 Å². The number of benzene rings is 7. The van der Waals surface area contributed by atoms with Crippen LogP contribution in [0.15, 0.2) is 170 Å². The van der Waals surface area contributed by atoms with Gasteiger partial charge in [0.15, 0.2) is 0 Å². The first-order valence-electron chi connectivity index (χ1n) is 15.6. The lowest BCUT2D eigenvalue weighted by Gasteiger charge is -2.12. The summed E-state index contributed by atoms with van der Waals surface area (Å²) in [5, 5.41) is 0. The number of hydrogen-bond donors (Lipinski definition) is 0. The van der Waals surface area contributed by atoms with Crippen LogP contribution in [0, 0.1) is 11.6 Å². The van der Waals surface area contributed by atoms with Gasteiger partial charge in [0.25, 0.3) is 0 Å². The zero-order valence-electron chi connectivity index (χ0n) is 26.4. The highest BCUT2D eigenvalue weighted by atomic mass is 19.1. The molecule has 0 aliphatic heterocycles. The van der Waals surface area contributed by atoms with E-state index >= 15 is 0 Å². The molecule has 0 spiro atoms. The van der Waals surface area contributed by atoms with E-state index in [-0.39, 0.29) is 11.6 Å². The first-order valence-corrected chi connectivity index (χ1v) is 15.6. The zero-order valence-corrected chi connectivity index (χ0v) is 26.4. The monoisotopic (exact) mass is 666 g/mol. The van der Waals surface area contributed by atoms with E-state index in [1.807, 2.05) is 84.9 Å². The van der Waals surface area contributed by atoms with E-state index in [1.165, 1.54) is 24.3 Å². The fraction of sp³-hybridized carbons (Fsp3) is 0. The highest BCUT2D eigenvalue weighted by molar-refractivity contribution is 5.45. The summed E-state index contributed by atoms with van der Waals surface area (Å²) >= 11 is 0. The Morgan fingerprint density at radius 3 is 0.620 bits per heavy atom. The van der Waals surface area contributed by atoms with Crippen LogP contribution >= 0.6 is 0 Å². The van der Waals surface area contributed by atoms with Crippen LogP contribution in [-0.4, -0.2) is 0 Å². The van der Waals surface area contributed by atoms with Crippen LogP contribution < -0.4 is 28.4 Å². The molecule has 0 aromatic heterocycles. The number of rotatable bonds is 12. The maximum atomic E-state index is 13.2. The Morgan fingerprint density at radius 1 is 0.220 bits per heavy atom. The number of ether oxygens (including phenoxy) is 6. The molecule has 0 N–H and O–H groups in total. The predicted octanol–water partition coefficient (Wildman–Crippen LogP) is 12.7. The second-order valence-electron chi connectivity index (χ2n) is 10.9. The van der Waals surface area contributed by atoms with E-state index in [1.54, 1.807) is 60.7 Å². The van der Waals surface area contributed by atoms with Crippen molar-refractivity contribution >= 4 is 0 Å². The molecule has 0 saturated carbocycles. The lowest BCUT2D eigenvalue weighted by Crippen LogP contribution is -1.90. The van der Waals surface area contributed by atoms with Crippen LogP contribution in [0.4, 0.5) is 8.78 Å². The molecule has 7 aromatic rings. The molecular formula is C42H28F2O6. The molecule has 6 nitrogen and oxygen atoms in total. The Morgan fingerprint density at radius 2 is 0.400 bits per heavy atom. The minimum absolute atomic E-state index is 0.328. The fourth-order valence-electron chi connectivity index (χ4n) is 4.80. The zero-order chi connectivity index (χ0) is 34.1. The van der Waals surface area contributed by atoms with Crippen molar-refractivity contribution in [1.29, 1.82) is 0 Å². The van der Waals surface area contributed by atoms with Crippen LogP contribution in [0.5, 0.6) is 69.0 Å². The Bertz CT molecular complexity index is 2030. The molecule has 8 heteroatoms. The molecular weight excluding hydrogens is 638 g/mol. The van der Waals surface area contributed by atoms with Gasteiger partial charge in [0.05, 0.1) is 0 Å². The van der Waals surface area contributed by atoms with Gasteiger partial charge in [-0.1, -0.05) is 24.3 Å². The minimum atomic E-state index is -0.328. The van der Waals surface area contributed by atoms with Crippen molar-refractivity contribution in [3.8, 4) is 69.0 Å². The van der Waals surface area contributed by atoms with Gasteiger partial charge in [-0.3, -0.25) is 0 Å². The van der Waals surface area contributed by atoms with Crippen molar-refractivity contribution in [3.05, 3.63) is 181 Å². The quantitative estimate of drug-likeness (QED) is 0.129. The summed E-state index contributed by atoms with van der Waals surface area (Å²) in [6.45, 7) is 0. The van der Waals surface area contributed by atoms with Crippen molar-refractivity contribution in [2.75, 3.05) is 0 Å². The van der Waals surface area contributed by atoms with Crippen LogP contribution in [0.2, 0.25) is 0 Å². The molecule has 0 heterocycles. The van der Waals surface area contributed by atoms with Crippen molar-refractivity contribution in [2.45, 2.75) is 0 Å². The van der Waals surface area contributed by atoms with E-state index in [0.29, 0.717) is 69.0 Å². The number of hydrogen-bond acceptors (Lipinski definition) is 6. The summed E-state index contributed by atoms with van der Waals surface area (Å²) in [5.41, 5.74) is 0. The molecule has 0 bridgehead atoms. The largest absolute Gasteiger partial charge is 0.457 e. The van der Waals surface area contributed by atoms with E-state index in [9.17, 15) is 8.78 Å². The maximum absolute atomic E-state index is 13.2. The van der Waals surface area contributed by atoms with Crippen LogP contribution in [0.1, 0.15) is 0 Å². The van der Waals surface area contributed by atoms with Gasteiger partial charge in [0.1, 0.15) is 80.6 Å². The SMILES string of the molecule is Fc1ccc(Oc2cccc(Oc3cccc(Oc4ccc(Oc5cccc(Oc6cccc(Oc7ccc(F)cc7)c6)c5)cc4)c3)c2)cc1. The molecule has 0 aliphatic carbocycles. The average molecular weight is 667 g/mol. The van der Waals surface area contributed by atoms with Crippen molar-refractivity contribution < 1.29 is 37.2 Å². The predicted molar refractivity (Wildman–Crippen MR) is 185 cm³/mol. The highest BCUT2D eigenvalue weighted by Gasteiger charge is 2.07. The molecule has 7 rings (SSSR count). The van der Waals surface area contributed by atoms with Gasteiger partial charge < -0.3 is 28.4 Å². The van der Waals surface area contributed by atoms with Gasteiger partial charge in [-0.2, -0.15) is 0 Å². The Hall–Kier alpha value is -6.80. The van der Waals surface area contributed by atoms with Gasteiger partial charge >= 0.3 is 0 Å². The molecule has 7 aromatic carbocycles. The second kappa shape index (κ2) is 15.0. The molecule has 0 saturated heterocycles. The molecule has 0 aliphatic rings. The van der Waals surface area contributed by atoms with Crippen molar-refractivity contribution in [3.63, 3.8) is 0 Å². The molecule has 246 valence electrons. The molecule has 0 amide bonds. The van der Waals surface area contributed by atoms with Crippen LogP contribution in [0.25, 0.3) is 0 Å². The van der Waals surface area contributed by atoms with E-state index in [0.717, 1.165) is 0 Å². The van der Waals surface area contributed by atoms with Crippen LogP contribution in [0.3, 0.4) is 0 Å². The third kappa shape index (κ3) is 8.76. The van der Waals surface area contributed by atoms with Crippen molar-refractivity contribution in [2.24, 2.45) is 0 Å². The Kier molecular flexibility index (Phi) is 9.51. The summed E-state index contributed by atoms with van der Waals surface area (Å²) < 4.78 is 62.3. The summed E-state index contributed by atoms with van der Waals surface area (Å²) in [4.78, 5) is 0. The summed E-state index contributed by atoms with van der Waals surface area (Å²) in [6, 6.07) is 47.8. The molecule has 0 radical (unpaired) electrons. The van der Waals surface area contributed by atoms with E-state index < -0.39 is 0 Å². The third-order valence-corrected chi connectivity index (χ3v) is 7.09. The van der Waals surface area contributed by atoms with E-state index in [2.05, 4.69) is 0 Å². The Labute approximate surface area is 287 Å². The van der Waals surface area contributed by atoms with Crippen molar-refractivity contribution in [1.82, 2.24) is 0 Å². The third-order valence-electron chi connectivity index (χ3n) is 7.09. The highest BCUT2D eigenvalue weighted by Crippen LogP contribution is 2.34. The normalized spacial score (nSPS) is 10.6.